The van der Waals surface area contributed by atoms with Crippen molar-refractivity contribution in [1.29, 1.82) is 0 Å². The first-order chi connectivity index (χ1) is 9.51. The summed E-state index contributed by atoms with van der Waals surface area (Å²) in [6.07, 6.45) is 0. The Morgan fingerprint density at radius 3 is 2.20 bits per heavy atom. The van der Waals surface area contributed by atoms with Gasteiger partial charge in [0.15, 0.2) is 11.6 Å². The Hall–Kier alpha value is -1.95. The minimum atomic E-state index is -0.848. The Balaban J connectivity index is 2.23. The summed E-state index contributed by atoms with van der Waals surface area (Å²) in [5.41, 5.74) is -0.207. The zero-order chi connectivity index (χ0) is 14.7. The van der Waals surface area contributed by atoms with E-state index in [4.69, 9.17) is 4.74 Å². The normalized spacial score (nSPS) is 10.2. The van der Waals surface area contributed by atoms with E-state index in [0.29, 0.717) is 5.75 Å². The van der Waals surface area contributed by atoms with Gasteiger partial charge in [0, 0.05) is 10.0 Å². The molecule has 20 heavy (non-hydrogen) atoms. The average molecular weight is 342 g/mol. The van der Waals surface area contributed by atoms with Gasteiger partial charge in [-0.3, -0.25) is 4.79 Å². The summed E-state index contributed by atoms with van der Waals surface area (Å²) in [5, 5.41) is 2.21. The summed E-state index contributed by atoms with van der Waals surface area (Å²) >= 11 is 2.97. The summed E-state index contributed by atoms with van der Waals surface area (Å²) in [7, 11) is 1.50. The van der Waals surface area contributed by atoms with Gasteiger partial charge in [0.05, 0.1) is 7.11 Å². The van der Waals surface area contributed by atoms with Crippen molar-refractivity contribution in [2.45, 2.75) is 0 Å². The molecule has 0 bridgehead atoms. The highest BCUT2D eigenvalue weighted by atomic mass is 79.9. The molecule has 1 N–H and O–H groups in total. The van der Waals surface area contributed by atoms with Crippen LogP contribution in [0.2, 0.25) is 0 Å². The summed E-state index contributed by atoms with van der Waals surface area (Å²) in [4.78, 5) is 11.9. The maximum absolute atomic E-state index is 13.6. The van der Waals surface area contributed by atoms with Crippen LogP contribution < -0.4 is 10.1 Å². The average Bonchev–Trinajstić information content (AvgIpc) is 2.42. The number of benzene rings is 2. The van der Waals surface area contributed by atoms with Crippen LogP contribution >= 0.6 is 15.9 Å². The van der Waals surface area contributed by atoms with Crippen LogP contribution in [0.1, 0.15) is 10.4 Å². The standard InChI is InChI=1S/C14H10BrF2NO2/c1-20-10-4-2-8(3-5-10)14(19)18-13-11(16)6-9(15)7-12(13)17/h2-7H,1H3,(H,18,19). The second-order valence-corrected chi connectivity index (χ2v) is 4.84. The molecule has 6 heteroatoms. The minimum absolute atomic E-state index is 0.259. The number of rotatable bonds is 3. The van der Waals surface area contributed by atoms with Crippen LogP contribution in [0.25, 0.3) is 0 Å². The molecule has 3 nitrogen and oxygen atoms in total. The van der Waals surface area contributed by atoms with Gasteiger partial charge in [-0.05, 0) is 36.4 Å². The number of halogens is 3. The minimum Gasteiger partial charge on any atom is -0.497 e. The van der Waals surface area contributed by atoms with Gasteiger partial charge in [-0.25, -0.2) is 8.78 Å². The molecule has 0 unspecified atom stereocenters. The van der Waals surface area contributed by atoms with Gasteiger partial charge in [0.2, 0.25) is 0 Å². The number of nitrogens with one attached hydrogen (secondary N) is 1. The molecule has 0 aliphatic carbocycles. The summed E-state index contributed by atoms with van der Waals surface area (Å²) in [5.74, 6) is -1.71. The van der Waals surface area contributed by atoms with E-state index in [9.17, 15) is 13.6 Å². The first-order valence-corrected chi connectivity index (χ1v) is 6.40. The number of amides is 1. The van der Waals surface area contributed by atoms with Gasteiger partial charge < -0.3 is 10.1 Å². The molecule has 0 spiro atoms. The summed E-state index contributed by atoms with van der Waals surface area (Å²) < 4.78 is 32.4. The molecule has 0 aliphatic heterocycles. The Labute approximate surface area is 122 Å². The molecule has 104 valence electrons. The number of methoxy groups -OCH3 is 1. The second-order valence-electron chi connectivity index (χ2n) is 3.93. The molecule has 2 aromatic carbocycles. The topological polar surface area (TPSA) is 38.3 Å². The fraction of sp³-hybridized carbons (Fsp3) is 0.0714. The van der Waals surface area contributed by atoms with Crippen molar-refractivity contribution in [3.63, 3.8) is 0 Å². The van der Waals surface area contributed by atoms with Crippen molar-refractivity contribution >= 4 is 27.5 Å². The highest BCUT2D eigenvalue weighted by Gasteiger charge is 2.14. The van der Waals surface area contributed by atoms with Crippen LogP contribution in [0.15, 0.2) is 40.9 Å². The van der Waals surface area contributed by atoms with Crippen LogP contribution in [0, 0.1) is 11.6 Å². The molecule has 0 atom stereocenters. The molecular weight excluding hydrogens is 332 g/mol. The third-order valence-electron chi connectivity index (χ3n) is 2.60. The Morgan fingerprint density at radius 1 is 1.15 bits per heavy atom. The number of hydrogen-bond donors (Lipinski definition) is 1. The number of ether oxygens (including phenoxy) is 1. The Kier molecular flexibility index (Phi) is 4.34. The van der Waals surface area contributed by atoms with E-state index < -0.39 is 23.2 Å². The van der Waals surface area contributed by atoms with Crippen molar-refractivity contribution < 1.29 is 18.3 Å². The van der Waals surface area contributed by atoms with Gasteiger partial charge in [0.25, 0.3) is 5.91 Å². The number of carbonyl (C=O) groups is 1. The van der Waals surface area contributed by atoms with Crippen LogP contribution in [0.5, 0.6) is 5.75 Å². The molecule has 0 saturated carbocycles. The predicted molar refractivity (Wildman–Crippen MR) is 75.0 cm³/mol. The van der Waals surface area contributed by atoms with E-state index in [1.54, 1.807) is 12.1 Å². The molecule has 0 aromatic heterocycles. The van der Waals surface area contributed by atoms with Crippen molar-refractivity contribution in [1.82, 2.24) is 0 Å². The maximum Gasteiger partial charge on any atom is 0.255 e. The van der Waals surface area contributed by atoms with Gasteiger partial charge in [-0.2, -0.15) is 0 Å². The van der Waals surface area contributed by atoms with Crippen molar-refractivity contribution in [3.8, 4) is 5.75 Å². The third kappa shape index (κ3) is 3.14. The van der Waals surface area contributed by atoms with Crippen LogP contribution in [-0.4, -0.2) is 13.0 Å². The first kappa shape index (κ1) is 14.5. The Morgan fingerprint density at radius 2 is 1.70 bits per heavy atom. The quantitative estimate of drug-likeness (QED) is 0.916. The molecular formula is C14H10BrF2NO2. The largest absolute Gasteiger partial charge is 0.497 e. The zero-order valence-corrected chi connectivity index (χ0v) is 12.0. The van der Waals surface area contributed by atoms with E-state index in [2.05, 4.69) is 21.2 Å². The number of carbonyl (C=O) groups excluding carboxylic acids is 1. The zero-order valence-electron chi connectivity index (χ0n) is 10.4. The van der Waals surface area contributed by atoms with Crippen molar-refractivity contribution in [3.05, 3.63) is 58.1 Å². The third-order valence-corrected chi connectivity index (χ3v) is 3.06. The number of hydrogen-bond acceptors (Lipinski definition) is 2. The monoisotopic (exact) mass is 341 g/mol. The highest BCUT2D eigenvalue weighted by molar-refractivity contribution is 9.10. The van der Waals surface area contributed by atoms with Crippen LogP contribution in [0.4, 0.5) is 14.5 Å². The molecule has 0 fully saturated rings. The summed E-state index contributed by atoms with van der Waals surface area (Å²) in [6.45, 7) is 0. The lowest BCUT2D eigenvalue weighted by Gasteiger charge is -2.08. The molecule has 0 saturated heterocycles. The molecule has 0 radical (unpaired) electrons. The van der Waals surface area contributed by atoms with Crippen molar-refractivity contribution in [2.24, 2.45) is 0 Å². The molecule has 2 aromatic rings. The maximum atomic E-state index is 13.6. The molecule has 0 heterocycles. The Bertz CT molecular complexity index is 621. The number of anilines is 1. The van der Waals surface area contributed by atoms with E-state index in [0.717, 1.165) is 12.1 Å². The molecule has 2 rings (SSSR count). The van der Waals surface area contributed by atoms with Crippen molar-refractivity contribution in [2.75, 3.05) is 12.4 Å². The second kappa shape index (κ2) is 6.00. The van der Waals surface area contributed by atoms with E-state index in [-0.39, 0.29) is 10.0 Å². The highest BCUT2D eigenvalue weighted by Crippen LogP contribution is 2.24. The van der Waals surface area contributed by atoms with E-state index in [1.165, 1.54) is 19.2 Å². The van der Waals surface area contributed by atoms with Crippen LogP contribution in [-0.2, 0) is 0 Å². The summed E-state index contributed by atoms with van der Waals surface area (Å²) in [6, 6.07) is 8.33. The lowest BCUT2D eigenvalue weighted by atomic mass is 10.2. The van der Waals surface area contributed by atoms with Gasteiger partial charge in [0.1, 0.15) is 11.4 Å². The van der Waals surface area contributed by atoms with Gasteiger partial charge >= 0.3 is 0 Å². The fourth-order valence-electron chi connectivity index (χ4n) is 1.59. The van der Waals surface area contributed by atoms with Gasteiger partial charge in [-0.1, -0.05) is 15.9 Å². The lowest BCUT2D eigenvalue weighted by molar-refractivity contribution is 0.102. The van der Waals surface area contributed by atoms with Gasteiger partial charge in [-0.15, -0.1) is 0 Å². The van der Waals surface area contributed by atoms with Crippen LogP contribution in [0.3, 0.4) is 0 Å². The fourth-order valence-corrected chi connectivity index (χ4v) is 1.99. The lowest BCUT2D eigenvalue weighted by Crippen LogP contribution is -2.14. The molecule has 0 aliphatic rings. The SMILES string of the molecule is COc1ccc(C(=O)Nc2c(F)cc(Br)cc2F)cc1. The van der Waals surface area contributed by atoms with E-state index >= 15 is 0 Å². The predicted octanol–water partition coefficient (Wildman–Crippen LogP) is 3.99. The smallest absolute Gasteiger partial charge is 0.255 e. The molecule has 1 amide bonds. The first-order valence-electron chi connectivity index (χ1n) is 5.61. The van der Waals surface area contributed by atoms with E-state index in [1.807, 2.05) is 0 Å².